The molecule has 1 N–H and O–H groups in total. The first-order valence-electron chi connectivity index (χ1n) is 5.92. The maximum Gasteiger partial charge on any atom is 0.185 e. The van der Waals surface area contributed by atoms with Crippen LogP contribution in [0, 0.1) is 6.92 Å². The van der Waals surface area contributed by atoms with Gasteiger partial charge in [-0.1, -0.05) is 6.07 Å². The molecule has 0 spiro atoms. The smallest absolute Gasteiger partial charge is 0.185 e. The van der Waals surface area contributed by atoms with E-state index in [0.29, 0.717) is 0 Å². The molecule has 18 heavy (non-hydrogen) atoms. The first-order chi connectivity index (χ1) is 8.69. The average molecular weight is 262 g/mol. The first-order valence-corrected chi connectivity index (χ1v) is 6.73. The number of nitrogens with zero attached hydrogens (tertiary/aromatic N) is 3. The number of pyridine rings is 1. The van der Waals surface area contributed by atoms with Crippen LogP contribution in [0.3, 0.4) is 0 Å². The molecular weight excluding hydrogens is 244 g/mol. The van der Waals surface area contributed by atoms with Crippen molar-refractivity contribution in [3.63, 3.8) is 0 Å². The summed E-state index contributed by atoms with van der Waals surface area (Å²) >= 11 is 1.71. The van der Waals surface area contributed by atoms with Crippen LogP contribution < -0.4 is 10.2 Å². The normalized spacial score (nSPS) is 10.6. The number of nitrogens with one attached hydrogen (secondary N) is 1. The van der Waals surface area contributed by atoms with Gasteiger partial charge in [-0.25, -0.2) is 4.98 Å². The van der Waals surface area contributed by atoms with Gasteiger partial charge in [-0.3, -0.25) is 4.98 Å². The third kappa shape index (κ3) is 3.27. The number of hydrogen-bond acceptors (Lipinski definition) is 5. The fourth-order valence-electron chi connectivity index (χ4n) is 1.73. The first kappa shape index (κ1) is 13.0. The number of aryl methyl sites for hydroxylation is 1. The van der Waals surface area contributed by atoms with Gasteiger partial charge in [-0.2, -0.15) is 0 Å². The van der Waals surface area contributed by atoms with Crippen LogP contribution in [0.15, 0.2) is 24.4 Å². The van der Waals surface area contributed by atoms with Crippen LogP contribution in [0.25, 0.3) is 0 Å². The van der Waals surface area contributed by atoms with Gasteiger partial charge in [0.15, 0.2) is 5.13 Å². The summed E-state index contributed by atoms with van der Waals surface area (Å²) in [5.74, 6) is 0. The summed E-state index contributed by atoms with van der Waals surface area (Å²) in [6, 6.07) is 6.10. The molecule has 96 valence electrons. The fourth-order valence-corrected chi connectivity index (χ4v) is 2.61. The van der Waals surface area contributed by atoms with Crippen molar-refractivity contribution in [3.8, 4) is 0 Å². The van der Waals surface area contributed by atoms with Gasteiger partial charge in [0, 0.05) is 30.4 Å². The molecule has 0 aliphatic carbocycles. The van der Waals surface area contributed by atoms with Crippen molar-refractivity contribution in [3.05, 3.63) is 40.7 Å². The standard InChI is InChI=1S/C13H18N4S/c1-10-5-4-6-11(16-10)9-17(3)13-15-8-12(18-13)7-14-2/h4-6,8,14H,7,9H2,1-3H3. The van der Waals surface area contributed by atoms with Crippen molar-refractivity contribution in [1.29, 1.82) is 0 Å². The van der Waals surface area contributed by atoms with Crippen LogP contribution in [-0.2, 0) is 13.1 Å². The highest BCUT2D eigenvalue weighted by atomic mass is 32.1. The Morgan fingerprint density at radius 1 is 1.39 bits per heavy atom. The Balaban J connectivity index is 2.04. The lowest BCUT2D eigenvalue weighted by molar-refractivity contribution is 0.829. The van der Waals surface area contributed by atoms with Crippen molar-refractivity contribution in [2.24, 2.45) is 0 Å². The number of rotatable bonds is 5. The maximum atomic E-state index is 4.50. The predicted octanol–water partition coefficient (Wildman–Crippen LogP) is 2.20. The Labute approximate surface area is 112 Å². The Hall–Kier alpha value is -1.46. The summed E-state index contributed by atoms with van der Waals surface area (Å²) in [5.41, 5.74) is 2.12. The molecule has 5 heteroatoms. The minimum Gasteiger partial charge on any atom is -0.345 e. The van der Waals surface area contributed by atoms with E-state index in [0.717, 1.165) is 29.6 Å². The Bertz CT molecular complexity index is 509. The van der Waals surface area contributed by atoms with E-state index in [1.54, 1.807) is 11.3 Å². The molecule has 4 nitrogen and oxygen atoms in total. The molecule has 0 amide bonds. The summed E-state index contributed by atoms with van der Waals surface area (Å²) in [4.78, 5) is 12.3. The van der Waals surface area contributed by atoms with E-state index in [1.165, 1.54) is 4.88 Å². The molecule has 0 saturated heterocycles. The molecule has 0 aliphatic heterocycles. The van der Waals surface area contributed by atoms with Gasteiger partial charge in [-0.15, -0.1) is 11.3 Å². The summed E-state index contributed by atoms with van der Waals surface area (Å²) < 4.78 is 0. The summed E-state index contributed by atoms with van der Waals surface area (Å²) in [5, 5.41) is 4.16. The molecule has 2 aromatic heterocycles. The van der Waals surface area contributed by atoms with Gasteiger partial charge in [-0.05, 0) is 26.1 Å². The van der Waals surface area contributed by atoms with E-state index in [2.05, 4.69) is 20.2 Å². The zero-order chi connectivity index (χ0) is 13.0. The molecule has 0 aromatic carbocycles. The summed E-state index contributed by atoms with van der Waals surface area (Å²) in [6.45, 7) is 3.67. The molecule has 0 saturated carbocycles. The van der Waals surface area contributed by atoms with Crippen LogP contribution in [0.1, 0.15) is 16.3 Å². The Morgan fingerprint density at radius 3 is 2.94 bits per heavy atom. The second kappa shape index (κ2) is 5.93. The lowest BCUT2D eigenvalue weighted by Gasteiger charge is -2.15. The van der Waals surface area contributed by atoms with Crippen LogP contribution in [0.2, 0.25) is 0 Å². The van der Waals surface area contributed by atoms with E-state index >= 15 is 0 Å². The SMILES string of the molecule is CNCc1cnc(N(C)Cc2cccc(C)n2)s1. The van der Waals surface area contributed by atoms with Crippen molar-refractivity contribution in [1.82, 2.24) is 15.3 Å². The fraction of sp³-hybridized carbons (Fsp3) is 0.385. The van der Waals surface area contributed by atoms with Gasteiger partial charge in [0.2, 0.25) is 0 Å². The van der Waals surface area contributed by atoms with Crippen molar-refractivity contribution >= 4 is 16.5 Å². The van der Waals surface area contributed by atoms with Crippen LogP contribution in [-0.4, -0.2) is 24.1 Å². The topological polar surface area (TPSA) is 41.1 Å². The zero-order valence-corrected chi connectivity index (χ0v) is 11.8. The summed E-state index contributed by atoms with van der Waals surface area (Å²) in [6.07, 6.45) is 1.93. The monoisotopic (exact) mass is 262 g/mol. The molecule has 0 bridgehead atoms. The van der Waals surface area contributed by atoms with E-state index in [-0.39, 0.29) is 0 Å². The molecule has 2 aromatic rings. The summed E-state index contributed by atoms with van der Waals surface area (Å²) in [7, 11) is 3.99. The van der Waals surface area contributed by atoms with E-state index in [1.807, 2.05) is 45.4 Å². The van der Waals surface area contributed by atoms with E-state index < -0.39 is 0 Å². The zero-order valence-electron chi connectivity index (χ0n) is 11.0. The van der Waals surface area contributed by atoms with Crippen LogP contribution >= 0.6 is 11.3 Å². The van der Waals surface area contributed by atoms with Crippen molar-refractivity contribution in [2.75, 3.05) is 19.0 Å². The van der Waals surface area contributed by atoms with Gasteiger partial charge in [0.1, 0.15) is 0 Å². The Kier molecular flexibility index (Phi) is 4.28. The van der Waals surface area contributed by atoms with Gasteiger partial charge in [0.25, 0.3) is 0 Å². The van der Waals surface area contributed by atoms with Gasteiger partial charge < -0.3 is 10.2 Å². The highest BCUT2D eigenvalue weighted by molar-refractivity contribution is 7.15. The third-order valence-electron chi connectivity index (χ3n) is 2.56. The van der Waals surface area contributed by atoms with Crippen LogP contribution in [0.5, 0.6) is 0 Å². The molecular formula is C13H18N4S. The van der Waals surface area contributed by atoms with Gasteiger partial charge >= 0.3 is 0 Å². The molecule has 0 unspecified atom stereocenters. The molecule has 0 radical (unpaired) electrons. The van der Waals surface area contributed by atoms with Crippen LogP contribution in [0.4, 0.5) is 5.13 Å². The second-order valence-corrected chi connectivity index (χ2v) is 5.36. The van der Waals surface area contributed by atoms with E-state index in [4.69, 9.17) is 0 Å². The highest BCUT2D eigenvalue weighted by Gasteiger charge is 2.08. The minimum atomic E-state index is 0.786. The third-order valence-corrected chi connectivity index (χ3v) is 3.68. The predicted molar refractivity (Wildman–Crippen MR) is 76.0 cm³/mol. The second-order valence-electron chi connectivity index (χ2n) is 4.27. The quantitative estimate of drug-likeness (QED) is 0.897. The van der Waals surface area contributed by atoms with Gasteiger partial charge in [0.05, 0.1) is 12.2 Å². The number of thiazole rings is 1. The highest BCUT2D eigenvalue weighted by Crippen LogP contribution is 2.22. The Morgan fingerprint density at radius 2 is 2.22 bits per heavy atom. The number of aromatic nitrogens is 2. The molecule has 0 aliphatic rings. The molecule has 2 rings (SSSR count). The molecule has 0 fully saturated rings. The van der Waals surface area contributed by atoms with E-state index in [9.17, 15) is 0 Å². The maximum absolute atomic E-state index is 4.50. The molecule has 2 heterocycles. The minimum absolute atomic E-state index is 0.786. The number of anilines is 1. The lowest BCUT2D eigenvalue weighted by Crippen LogP contribution is -2.17. The molecule has 0 atom stereocenters. The van der Waals surface area contributed by atoms with Crippen molar-refractivity contribution < 1.29 is 0 Å². The largest absolute Gasteiger partial charge is 0.345 e. The van der Waals surface area contributed by atoms with Crippen molar-refractivity contribution in [2.45, 2.75) is 20.0 Å². The average Bonchev–Trinajstić information content (AvgIpc) is 2.78. The lowest BCUT2D eigenvalue weighted by atomic mass is 10.3. The number of hydrogen-bond donors (Lipinski definition) is 1.